The molecule has 29 heavy (non-hydrogen) atoms. The molecule has 0 bridgehead atoms. The van der Waals surface area contributed by atoms with Crippen LogP contribution in [0.3, 0.4) is 0 Å². The number of amides is 1. The molecular formula is C22H30N2O5. The van der Waals surface area contributed by atoms with Crippen LogP contribution in [0.2, 0.25) is 0 Å². The number of nitrogens with zero attached hydrogens (tertiary/aromatic N) is 2. The van der Waals surface area contributed by atoms with Crippen molar-refractivity contribution in [2.75, 3.05) is 26.8 Å². The van der Waals surface area contributed by atoms with E-state index >= 15 is 0 Å². The SMILES string of the molecule is CON1CCC2(CC1)C(O)=C(c1ccc(C)c(C)c1C)C(=O)N2OC1CCCO1. The van der Waals surface area contributed by atoms with Gasteiger partial charge in [0.05, 0.1) is 19.3 Å². The lowest BCUT2D eigenvalue weighted by Gasteiger charge is -2.43. The molecule has 3 heterocycles. The molecule has 2 fully saturated rings. The number of ether oxygens (including phenoxy) is 1. The molecule has 0 saturated carbocycles. The van der Waals surface area contributed by atoms with Crippen LogP contribution in [0.15, 0.2) is 17.9 Å². The van der Waals surface area contributed by atoms with E-state index in [2.05, 4.69) is 0 Å². The highest BCUT2D eigenvalue weighted by atomic mass is 16.8. The van der Waals surface area contributed by atoms with Gasteiger partial charge in [-0.2, -0.15) is 5.06 Å². The molecule has 3 aliphatic rings. The molecule has 1 atom stereocenters. The van der Waals surface area contributed by atoms with E-state index in [1.165, 1.54) is 5.06 Å². The lowest BCUT2D eigenvalue weighted by molar-refractivity contribution is -0.291. The second kappa shape index (κ2) is 7.72. The Balaban J connectivity index is 1.77. The molecule has 2 saturated heterocycles. The molecule has 0 aromatic heterocycles. The number of carbonyl (C=O) groups excluding carboxylic acids is 1. The number of aliphatic hydroxyl groups is 1. The number of hydrogen-bond donors (Lipinski definition) is 1. The van der Waals surface area contributed by atoms with Gasteiger partial charge in [-0.3, -0.25) is 4.79 Å². The number of hydrogen-bond acceptors (Lipinski definition) is 6. The summed E-state index contributed by atoms with van der Waals surface area (Å²) in [6, 6.07) is 3.92. The summed E-state index contributed by atoms with van der Waals surface area (Å²) in [5.74, 6) is -0.196. The van der Waals surface area contributed by atoms with E-state index in [0.717, 1.165) is 35.1 Å². The van der Waals surface area contributed by atoms with Gasteiger partial charge in [0.15, 0.2) is 6.29 Å². The molecule has 3 aliphatic heterocycles. The molecule has 4 rings (SSSR count). The number of aryl methyl sites for hydroxylation is 1. The van der Waals surface area contributed by atoms with E-state index in [1.54, 1.807) is 7.11 Å². The highest BCUT2D eigenvalue weighted by Crippen LogP contribution is 2.46. The van der Waals surface area contributed by atoms with Crippen LogP contribution in [0.25, 0.3) is 5.57 Å². The summed E-state index contributed by atoms with van der Waals surface area (Å²) in [5.41, 5.74) is 3.50. The van der Waals surface area contributed by atoms with E-state index in [4.69, 9.17) is 14.4 Å². The first-order valence-electron chi connectivity index (χ1n) is 10.3. The fourth-order valence-corrected chi connectivity index (χ4v) is 4.57. The third kappa shape index (κ3) is 3.26. The number of benzene rings is 1. The summed E-state index contributed by atoms with van der Waals surface area (Å²) in [7, 11) is 1.64. The first-order chi connectivity index (χ1) is 13.9. The van der Waals surface area contributed by atoms with Gasteiger partial charge in [-0.15, -0.1) is 0 Å². The van der Waals surface area contributed by atoms with E-state index in [1.807, 2.05) is 38.0 Å². The summed E-state index contributed by atoms with van der Waals surface area (Å²) in [4.78, 5) is 25.0. The third-order valence-electron chi connectivity index (χ3n) is 6.71. The van der Waals surface area contributed by atoms with Crippen molar-refractivity contribution in [3.05, 3.63) is 40.1 Å². The normalized spacial score (nSPS) is 24.9. The summed E-state index contributed by atoms with van der Waals surface area (Å²) in [6.45, 7) is 7.90. The molecule has 1 N–H and O–H groups in total. The Labute approximate surface area is 171 Å². The molecule has 7 nitrogen and oxygen atoms in total. The largest absolute Gasteiger partial charge is 0.509 e. The van der Waals surface area contributed by atoms with Gasteiger partial charge in [0.25, 0.3) is 5.91 Å². The predicted octanol–water partition coefficient (Wildman–Crippen LogP) is 3.19. The smallest absolute Gasteiger partial charge is 0.282 e. The van der Waals surface area contributed by atoms with Crippen LogP contribution >= 0.6 is 0 Å². The summed E-state index contributed by atoms with van der Waals surface area (Å²) in [5, 5.41) is 14.7. The topological polar surface area (TPSA) is 71.5 Å². The molecule has 7 heteroatoms. The third-order valence-corrected chi connectivity index (χ3v) is 6.71. The second-order valence-electron chi connectivity index (χ2n) is 8.19. The maximum absolute atomic E-state index is 13.6. The van der Waals surface area contributed by atoms with Gasteiger partial charge in [0, 0.05) is 19.5 Å². The zero-order valence-electron chi connectivity index (χ0n) is 17.7. The van der Waals surface area contributed by atoms with Crippen molar-refractivity contribution in [3.63, 3.8) is 0 Å². The van der Waals surface area contributed by atoms with Crippen molar-refractivity contribution in [2.45, 2.75) is 58.3 Å². The van der Waals surface area contributed by atoms with Crippen molar-refractivity contribution in [1.82, 2.24) is 10.1 Å². The molecule has 0 radical (unpaired) electrons. The average molecular weight is 402 g/mol. The molecule has 158 valence electrons. The Morgan fingerprint density at radius 1 is 1.17 bits per heavy atom. The molecule has 1 aromatic carbocycles. The fraction of sp³-hybridized carbons (Fsp3) is 0.591. The molecule has 0 aliphatic carbocycles. The van der Waals surface area contributed by atoms with Gasteiger partial charge in [0.1, 0.15) is 11.3 Å². The van der Waals surface area contributed by atoms with Crippen LogP contribution in [0, 0.1) is 20.8 Å². The predicted molar refractivity (Wildman–Crippen MR) is 108 cm³/mol. The Kier molecular flexibility index (Phi) is 5.42. The van der Waals surface area contributed by atoms with Crippen molar-refractivity contribution < 1.29 is 24.3 Å². The van der Waals surface area contributed by atoms with Crippen molar-refractivity contribution >= 4 is 11.5 Å². The van der Waals surface area contributed by atoms with Gasteiger partial charge in [-0.1, -0.05) is 12.1 Å². The summed E-state index contributed by atoms with van der Waals surface area (Å²) in [6.07, 6.45) is 2.24. The minimum absolute atomic E-state index is 0.0996. The van der Waals surface area contributed by atoms with Crippen LogP contribution in [0.1, 0.15) is 47.9 Å². The quantitative estimate of drug-likeness (QED) is 0.834. The zero-order chi connectivity index (χ0) is 20.8. The first-order valence-corrected chi connectivity index (χ1v) is 10.3. The fourth-order valence-electron chi connectivity index (χ4n) is 4.57. The number of piperidine rings is 1. The van der Waals surface area contributed by atoms with Crippen LogP contribution in [0.5, 0.6) is 0 Å². The molecule has 1 aromatic rings. The lowest BCUT2D eigenvalue weighted by Crippen LogP contribution is -2.55. The van der Waals surface area contributed by atoms with Crippen LogP contribution in [-0.2, 0) is 19.2 Å². The maximum Gasteiger partial charge on any atom is 0.282 e. The van der Waals surface area contributed by atoms with E-state index in [9.17, 15) is 9.90 Å². The lowest BCUT2D eigenvalue weighted by atomic mass is 9.85. The number of carbonyl (C=O) groups is 1. The van der Waals surface area contributed by atoms with Crippen LogP contribution in [0.4, 0.5) is 0 Å². The summed E-state index contributed by atoms with van der Waals surface area (Å²) >= 11 is 0. The highest BCUT2D eigenvalue weighted by molar-refractivity contribution is 6.23. The van der Waals surface area contributed by atoms with E-state index in [0.29, 0.717) is 38.1 Å². The molecular weight excluding hydrogens is 372 g/mol. The molecule has 1 amide bonds. The Hall–Kier alpha value is -1.93. The van der Waals surface area contributed by atoms with Gasteiger partial charge >= 0.3 is 0 Å². The standard InChI is InChI=1S/C22H30N2O5/c1-14-7-8-17(16(3)15(14)2)19-20(25)22(9-11-23(27-4)12-10-22)24(21(19)26)29-18-6-5-13-28-18/h7-8,18,25H,5-6,9-13H2,1-4H3. The van der Waals surface area contributed by atoms with Gasteiger partial charge in [-0.05, 0) is 62.3 Å². The van der Waals surface area contributed by atoms with Crippen LogP contribution in [-0.4, -0.2) is 59.8 Å². The van der Waals surface area contributed by atoms with E-state index in [-0.39, 0.29) is 11.7 Å². The monoisotopic (exact) mass is 402 g/mol. The molecule has 1 spiro atoms. The van der Waals surface area contributed by atoms with Crippen molar-refractivity contribution in [1.29, 1.82) is 0 Å². The highest BCUT2D eigenvalue weighted by Gasteiger charge is 2.56. The number of rotatable bonds is 4. The number of hydroxylamine groups is 4. The van der Waals surface area contributed by atoms with Crippen molar-refractivity contribution in [2.24, 2.45) is 0 Å². The minimum atomic E-state index is -0.890. The van der Waals surface area contributed by atoms with Gasteiger partial charge < -0.3 is 14.7 Å². The maximum atomic E-state index is 13.6. The second-order valence-corrected chi connectivity index (χ2v) is 8.19. The Bertz CT molecular complexity index is 836. The Morgan fingerprint density at radius 2 is 1.90 bits per heavy atom. The first kappa shape index (κ1) is 20.3. The minimum Gasteiger partial charge on any atom is -0.509 e. The van der Waals surface area contributed by atoms with Gasteiger partial charge in [-0.25, -0.2) is 9.90 Å². The average Bonchev–Trinajstić information content (AvgIpc) is 3.30. The zero-order valence-corrected chi connectivity index (χ0v) is 17.7. The van der Waals surface area contributed by atoms with Gasteiger partial charge in [0.2, 0.25) is 0 Å². The Morgan fingerprint density at radius 3 is 2.52 bits per heavy atom. The summed E-state index contributed by atoms with van der Waals surface area (Å²) < 4.78 is 5.62. The van der Waals surface area contributed by atoms with Crippen LogP contribution < -0.4 is 0 Å². The number of aliphatic hydroxyl groups excluding tert-OH is 1. The molecule has 1 unspecified atom stereocenters. The van der Waals surface area contributed by atoms with Crippen molar-refractivity contribution in [3.8, 4) is 0 Å². The van der Waals surface area contributed by atoms with E-state index < -0.39 is 11.8 Å².